The van der Waals surface area contributed by atoms with Gasteiger partial charge in [-0.3, -0.25) is 0 Å². The fourth-order valence-corrected chi connectivity index (χ4v) is 0. The minimum absolute atomic E-state index is 0. The average molecular weight is 371 g/mol. The van der Waals surface area contributed by atoms with Gasteiger partial charge in [0, 0.05) is 16.5 Å². The zero-order valence-corrected chi connectivity index (χ0v) is 8.79. The van der Waals surface area contributed by atoms with E-state index in [1.54, 1.807) is 0 Å². The van der Waals surface area contributed by atoms with Crippen LogP contribution in [-0.4, -0.2) is 0 Å². The Balaban J connectivity index is 0. The third-order valence-electron chi connectivity index (χ3n) is 0. The van der Waals surface area contributed by atoms with Crippen LogP contribution in [0.5, 0.6) is 0 Å². The molecule has 1 unspecified atom stereocenters. The summed E-state index contributed by atoms with van der Waals surface area (Å²) in [6, 6.07) is 0. The second-order valence-corrected chi connectivity index (χ2v) is 14.0. The van der Waals surface area contributed by atoms with Gasteiger partial charge in [0.25, 0.3) is 0 Å². The number of hydrogen-bond acceptors (Lipinski definition) is 0. The molecule has 0 aromatic heterocycles. The van der Waals surface area contributed by atoms with Gasteiger partial charge in [-0.2, -0.15) is 0 Å². The van der Waals surface area contributed by atoms with Crippen molar-refractivity contribution in [3.8, 4) is 0 Å². The van der Waals surface area contributed by atoms with Crippen LogP contribution in [0.1, 0.15) is 0 Å². The van der Waals surface area contributed by atoms with Crippen molar-refractivity contribution in [2.24, 2.45) is 0 Å². The molecule has 0 aliphatic heterocycles. The Morgan fingerprint density at radius 3 is 1.75 bits per heavy atom. The van der Waals surface area contributed by atoms with E-state index in [1.165, 1.54) is 0 Å². The van der Waals surface area contributed by atoms with Gasteiger partial charge in [0.05, 0.1) is 0 Å². The summed E-state index contributed by atoms with van der Waals surface area (Å²) in [4.78, 5) is 0. The van der Waals surface area contributed by atoms with Crippen molar-refractivity contribution >= 4 is 7.33 Å². The van der Waals surface area contributed by atoms with Crippen molar-refractivity contribution in [3.05, 3.63) is 0 Å². The maximum atomic E-state index is 2.75. The molecule has 0 aliphatic carbocycles. The molecule has 1 atom stereocenters. The van der Waals surface area contributed by atoms with Gasteiger partial charge in [-0.1, -0.05) is 0 Å². The van der Waals surface area contributed by atoms with Gasteiger partial charge in [0.15, 0.2) is 0 Å². The average Bonchev–Trinajstić information content (AvgIpc) is 0.918. The van der Waals surface area contributed by atoms with Crippen LogP contribution < -0.4 is 0 Å². The SMILES string of the molecule is [Ni].[PH2][W][Mo]. The van der Waals surface area contributed by atoms with E-state index in [0.717, 1.165) is 0 Å². The first kappa shape index (κ1) is 9.57. The van der Waals surface area contributed by atoms with Crippen LogP contribution in [0, 0.1) is 0 Å². The Hall–Kier alpha value is 2.30. The number of hydrogen-bond donors (Lipinski definition) is 0. The van der Waals surface area contributed by atoms with Crippen molar-refractivity contribution in [1.29, 1.82) is 0 Å². The summed E-state index contributed by atoms with van der Waals surface area (Å²) in [5, 5.41) is 0. The molecule has 0 fully saturated rings. The van der Waals surface area contributed by atoms with E-state index < -0.39 is 0 Å². The molecule has 0 spiro atoms. The molecule has 0 N–H and O–H groups in total. The monoisotopic (exact) mass is 373 g/mol. The number of rotatable bonds is 0. The molecule has 4 heavy (non-hydrogen) atoms. The predicted octanol–water partition coefficient (Wildman–Crippen LogP) is 0.318. The molecule has 0 aromatic carbocycles. The van der Waals surface area contributed by atoms with Gasteiger partial charge < -0.3 is 0 Å². The minimum atomic E-state index is 0. The second kappa shape index (κ2) is 9.00. The summed E-state index contributed by atoms with van der Waals surface area (Å²) in [6.45, 7) is 0. The summed E-state index contributed by atoms with van der Waals surface area (Å²) in [6.07, 6.45) is 0. The first-order valence-corrected chi connectivity index (χ1v) is 13.9. The van der Waals surface area contributed by atoms with Gasteiger partial charge in [0.1, 0.15) is 0 Å². The Labute approximate surface area is 55.1 Å². The van der Waals surface area contributed by atoms with Crippen molar-refractivity contribution in [2.75, 3.05) is 0 Å². The molecule has 0 saturated carbocycles. The summed E-state index contributed by atoms with van der Waals surface area (Å²) in [5.41, 5.74) is 0. The Morgan fingerprint density at radius 2 is 1.75 bits per heavy atom. The standard InChI is InChI=1S/Mo.Ni.H2P.W/h;;1H2;/q;;-1;+1. The third-order valence-corrected chi connectivity index (χ3v) is 0. The molecule has 0 aromatic rings. The van der Waals surface area contributed by atoms with Crippen LogP contribution in [0.25, 0.3) is 0 Å². The first-order chi connectivity index (χ1) is 1.41. The van der Waals surface area contributed by atoms with E-state index in [4.69, 9.17) is 0 Å². The summed E-state index contributed by atoms with van der Waals surface area (Å²) in [7, 11) is 2.75. The summed E-state index contributed by atoms with van der Waals surface area (Å²) >= 11 is 2.38. The molecule has 0 rings (SSSR count). The Kier molecular flexibility index (Phi) is 21.5. The predicted molar refractivity (Wildman–Crippen MR) is 9.71 cm³/mol. The van der Waals surface area contributed by atoms with Crippen molar-refractivity contribution < 1.29 is 48.4 Å². The zero-order valence-electron chi connectivity index (χ0n) is 1.71. The fraction of sp³-hybridized carbons (Fsp3) is 0. The normalized spacial score (nSPS) is 4.25. The van der Waals surface area contributed by atoms with Crippen LogP contribution >= 0.6 is 7.33 Å². The molecule has 0 amide bonds. The molecular formula is H2MoNiPW. The van der Waals surface area contributed by atoms with Gasteiger partial charge in [-0.25, -0.2) is 0 Å². The van der Waals surface area contributed by atoms with Crippen LogP contribution in [0.15, 0.2) is 0 Å². The van der Waals surface area contributed by atoms with E-state index in [1.807, 2.05) is 0 Å². The molecule has 29 valence electrons. The molecule has 4 heteroatoms. The fourth-order valence-electron chi connectivity index (χ4n) is 0. The molecule has 0 aliphatic rings. The molecule has 0 radical (unpaired) electrons. The molecule has 0 saturated heterocycles. The molecule has 0 bridgehead atoms. The summed E-state index contributed by atoms with van der Waals surface area (Å²) < 4.78 is 0. The Bertz CT molecular complexity index is 8.00. The Morgan fingerprint density at radius 1 is 1.75 bits per heavy atom. The zero-order chi connectivity index (χ0) is 2.71. The molecule has 0 heterocycles. The second-order valence-electron chi connectivity index (χ2n) is 0.0962. The van der Waals surface area contributed by atoms with Crippen molar-refractivity contribution in [2.45, 2.75) is 0 Å². The third kappa shape index (κ3) is 8.85. The van der Waals surface area contributed by atoms with Gasteiger partial charge in [-0.15, -0.1) is 0 Å². The van der Waals surface area contributed by atoms with Crippen molar-refractivity contribution in [1.82, 2.24) is 0 Å². The van der Waals surface area contributed by atoms with Crippen LogP contribution in [-0.2, 0) is 48.4 Å². The van der Waals surface area contributed by atoms with E-state index in [0.29, 0.717) is 0 Å². The van der Waals surface area contributed by atoms with Crippen LogP contribution in [0.2, 0.25) is 0 Å². The summed E-state index contributed by atoms with van der Waals surface area (Å²) in [5.74, 6) is 0. The van der Waals surface area contributed by atoms with Crippen LogP contribution in [0.4, 0.5) is 0 Å². The first-order valence-electron chi connectivity index (χ1n) is 0.402. The van der Waals surface area contributed by atoms with E-state index >= 15 is 0 Å². The van der Waals surface area contributed by atoms with E-state index in [9.17, 15) is 0 Å². The van der Waals surface area contributed by atoms with Gasteiger partial charge >= 0.3 is 39.2 Å². The van der Waals surface area contributed by atoms with Crippen LogP contribution in [0.3, 0.4) is 0 Å². The van der Waals surface area contributed by atoms with Gasteiger partial charge in [0.2, 0.25) is 0 Å². The van der Waals surface area contributed by atoms with Crippen molar-refractivity contribution in [3.63, 3.8) is 0 Å². The van der Waals surface area contributed by atoms with E-state index in [-0.39, 0.29) is 31.6 Å². The maximum absolute atomic E-state index is 2.75. The van der Waals surface area contributed by atoms with E-state index in [2.05, 4.69) is 24.1 Å². The topological polar surface area (TPSA) is 0 Å². The molecular weight excluding hydrogens is 369 g/mol. The molecule has 0 nitrogen and oxygen atoms in total. The van der Waals surface area contributed by atoms with Gasteiger partial charge in [-0.05, 0) is 0 Å². The quantitative estimate of drug-likeness (QED) is 0.425.